The second kappa shape index (κ2) is 10.6. The summed E-state index contributed by atoms with van der Waals surface area (Å²) < 4.78 is 0. The molecule has 3 rings (SSSR count). The van der Waals surface area contributed by atoms with E-state index in [4.69, 9.17) is 0 Å². The molecule has 6 heteroatoms. The molecule has 2 aliphatic rings. The summed E-state index contributed by atoms with van der Waals surface area (Å²) in [6.45, 7) is 9.96. The molecule has 2 aliphatic heterocycles. The summed E-state index contributed by atoms with van der Waals surface area (Å²) in [5, 5.41) is 7.01. The Morgan fingerprint density at radius 3 is 2.69 bits per heavy atom. The summed E-state index contributed by atoms with van der Waals surface area (Å²) in [5.41, 5.74) is 1.42. The number of likely N-dealkylation sites (tertiary alicyclic amines) is 2. The first-order chi connectivity index (χ1) is 14.0. The average Bonchev–Trinajstić information content (AvgIpc) is 3.39. The van der Waals surface area contributed by atoms with E-state index in [0.29, 0.717) is 5.92 Å². The van der Waals surface area contributed by atoms with Gasteiger partial charge in [-0.05, 0) is 37.3 Å². The zero-order valence-electron chi connectivity index (χ0n) is 18.2. The molecule has 2 fully saturated rings. The molecule has 0 saturated carbocycles. The van der Waals surface area contributed by atoms with Gasteiger partial charge in [0.25, 0.3) is 0 Å². The molecule has 1 aromatic carbocycles. The lowest BCUT2D eigenvalue weighted by atomic mass is 10.1. The number of guanidine groups is 1. The van der Waals surface area contributed by atoms with Crippen molar-refractivity contribution in [2.24, 2.45) is 16.8 Å². The van der Waals surface area contributed by atoms with Crippen molar-refractivity contribution in [3.63, 3.8) is 0 Å². The first-order valence-electron chi connectivity index (χ1n) is 11.1. The lowest BCUT2D eigenvalue weighted by Gasteiger charge is -2.21. The van der Waals surface area contributed by atoms with Gasteiger partial charge in [-0.2, -0.15) is 0 Å². The van der Waals surface area contributed by atoms with Crippen LogP contribution in [0.1, 0.15) is 32.3 Å². The quantitative estimate of drug-likeness (QED) is 0.544. The van der Waals surface area contributed by atoms with Crippen molar-refractivity contribution in [1.82, 2.24) is 20.4 Å². The maximum absolute atomic E-state index is 12.2. The van der Waals surface area contributed by atoms with E-state index in [-0.39, 0.29) is 17.9 Å². The highest BCUT2D eigenvalue weighted by molar-refractivity contribution is 5.81. The molecule has 160 valence electrons. The monoisotopic (exact) mass is 399 g/mol. The summed E-state index contributed by atoms with van der Waals surface area (Å²) in [4.78, 5) is 21.1. The van der Waals surface area contributed by atoms with Gasteiger partial charge in [-0.15, -0.1) is 0 Å². The van der Waals surface area contributed by atoms with Crippen molar-refractivity contribution in [2.45, 2.75) is 39.2 Å². The van der Waals surface area contributed by atoms with Crippen molar-refractivity contribution in [3.8, 4) is 0 Å². The van der Waals surface area contributed by atoms with Crippen LogP contribution in [-0.2, 0) is 11.2 Å². The molecule has 6 nitrogen and oxygen atoms in total. The Hall–Kier alpha value is -2.08. The maximum Gasteiger partial charge on any atom is 0.225 e. The van der Waals surface area contributed by atoms with Gasteiger partial charge in [-0.25, -0.2) is 0 Å². The number of aliphatic imine (C=N–C) groups is 1. The van der Waals surface area contributed by atoms with Gasteiger partial charge in [0.2, 0.25) is 5.91 Å². The predicted octanol–water partition coefficient (Wildman–Crippen LogP) is 1.97. The number of benzene rings is 1. The Labute approximate surface area is 175 Å². The van der Waals surface area contributed by atoms with E-state index >= 15 is 0 Å². The molecule has 2 atom stereocenters. The topological polar surface area (TPSA) is 60.0 Å². The third kappa shape index (κ3) is 6.46. The molecule has 2 saturated heterocycles. The summed E-state index contributed by atoms with van der Waals surface area (Å²) >= 11 is 0. The third-order valence-electron chi connectivity index (χ3n) is 6.05. The second-order valence-electron chi connectivity index (χ2n) is 8.71. The smallest absolute Gasteiger partial charge is 0.225 e. The summed E-state index contributed by atoms with van der Waals surface area (Å²) in [7, 11) is 1.82. The highest BCUT2D eigenvalue weighted by atomic mass is 16.2. The molecular weight excluding hydrogens is 362 g/mol. The molecular formula is C23H37N5O. The molecule has 0 spiro atoms. The van der Waals surface area contributed by atoms with Crippen LogP contribution in [0.4, 0.5) is 0 Å². The molecule has 0 bridgehead atoms. The minimum atomic E-state index is 0.0680. The summed E-state index contributed by atoms with van der Waals surface area (Å²) in [6, 6.07) is 11.0. The molecule has 1 amide bonds. The van der Waals surface area contributed by atoms with Gasteiger partial charge >= 0.3 is 0 Å². The molecule has 0 aliphatic carbocycles. The number of carbonyl (C=O) groups is 1. The number of rotatable bonds is 7. The van der Waals surface area contributed by atoms with E-state index in [2.05, 4.69) is 50.9 Å². The molecule has 2 heterocycles. The van der Waals surface area contributed by atoms with E-state index in [1.807, 2.05) is 25.8 Å². The SMILES string of the molecule is CN=C(NCC1CCN(CCc2ccccc2)C1)NC1CCN(C(=O)C(C)C)C1. The Bertz CT molecular complexity index is 675. The Morgan fingerprint density at radius 2 is 1.97 bits per heavy atom. The van der Waals surface area contributed by atoms with Crippen LogP contribution < -0.4 is 10.6 Å². The highest BCUT2D eigenvalue weighted by Gasteiger charge is 2.28. The van der Waals surface area contributed by atoms with Gasteiger partial charge in [-0.3, -0.25) is 9.79 Å². The summed E-state index contributed by atoms with van der Waals surface area (Å²) in [6.07, 6.45) is 3.34. The lowest BCUT2D eigenvalue weighted by molar-refractivity contribution is -0.133. The zero-order valence-corrected chi connectivity index (χ0v) is 18.2. The van der Waals surface area contributed by atoms with E-state index in [1.165, 1.54) is 18.5 Å². The van der Waals surface area contributed by atoms with Gasteiger partial charge in [0.05, 0.1) is 0 Å². The van der Waals surface area contributed by atoms with Crippen molar-refractivity contribution >= 4 is 11.9 Å². The molecule has 0 aromatic heterocycles. The van der Waals surface area contributed by atoms with Crippen LogP contribution in [0.2, 0.25) is 0 Å². The number of hydrogen-bond acceptors (Lipinski definition) is 3. The number of carbonyl (C=O) groups excluding carboxylic acids is 1. The van der Waals surface area contributed by atoms with Crippen LogP contribution in [0.15, 0.2) is 35.3 Å². The van der Waals surface area contributed by atoms with Crippen LogP contribution in [0.5, 0.6) is 0 Å². The minimum Gasteiger partial charge on any atom is -0.356 e. The first-order valence-corrected chi connectivity index (χ1v) is 11.1. The van der Waals surface area contributed by atoms with Crippen LogP contribution in [0, 0.1) is 11.8 Å². The third-order valence-corrected chi connectivity index (χ3v) is 6.05. The predicted molar refractivity (Wildman–Crippen MR) is 119 cm³/mol. The lowest BCUT2D eigenvalue weighted by Crippen LogP contribution is -2.46. The van der Waals surface area contributed by atoms with Gasteiger partial charge in [0.1, 0.15) is 0 Å². The van der Waals surface area contributed by atoms with Gasteiger partial charge in [-0.1, -0.05) is 44.2 Å². The van der Waals surface area contributed by atoms with Crippen molar-refractivity contribution in [1.29, 1.82) is 0 Å². The van der Waals surface area contributed by atoms with E-state index in [0.717, 1.165) is 51.5 Å². The maximum atomic E-state index is 12.2. The first kappa shape index (κ1) is 21.6. The fourth-order valence-corrected chi connectivity index (χ4v) is 4.29. The number of nitrogens with one attached hydrogen (secondary N) is 2. The second-order valence-corrected chi connectivity index (χ2v) is 8.71. The molecule has 1 aromatic rings. The highest BCUT2D eigenvalue weighted by Crippen LogP contribution is 2.16. The Balaban J connectivity index is 1.35. The average molecular weight is 400 g/mol. The fraction of sp³-hybridized carbons (Fsp3) is 0.652. The van der Waals surface area contributed by atoms with E-state index < -0.39 is 0 Å². The van der Waals surface area contributed by atoms with Gasteiger partial charge in [0.15, 0.2) is 5.96 Å². The zero-order chi connectivity index (χ0) is 20.6. The molecule has 2 N–H and O–H groups in total. The Kier molecular flexibility index (Phi) is 7.92. The van der Waals surface area contributed by atoms with Gasteiger partial charge < -0.3 is 20.4 Å². The van der Waals surface area contributed by atoms with Crippen LogP contribution in [0.3, 0.4) is 0 Å². The van der Waals surface area contributed by atoms with Crippen LogP contribution >= 0.6 is 0 Å². The van der Waals surface area contributed by atoms with Crippen molar-refractivity contribution in [3.05, 3.63) is 35.9 Å². The number of amides is 1. The number of hydrogen-bond donors (Lipinski definition) is 2. The Morgan fingerprint density at radius 1 is 1.17 bits per heavy atom. The largest absolute Gasteiger partial charge is 0.356 e. The standard InChI is InChI=1S/C23H37N5O/c1-18(2)22(29)28-14-11-21(17-28)26-23(24-3)25-15-20-10-13-27(16-20)12-9-19-7-5-4-6-8-19/h4-8,18,20-21H,9-17H2,1-3H3,(H2,24,25,26). The molecule has 2 unspecified atom stereocenters. The van der Waals surface area contributed by atoms with Gasteiger partial charge in [0, 0.05) is 51.7 Å². The van der Waals surface area contributed by atoms with E-state index in [1.54, 1.807) is 0 Å². The summed E-state index contributed by atoms with van der Waals surface area (Å²) in [5.74, 6) is 1.83. The fourth-order valence-electron chi connectivity index (χ4n) is 4.29. The van der Waals surface area contributed by atoms with Crippen molar-refractivity contribution < 1.29 is 4.79 Å². The van der Waals surface area contributed by atoms with Crippen LogP contribution in [-0.4, -0.2) is 74.0 Å². The van der Waals surface area contributed by atoms with Crippen molar-refractivity contribution in [2.75, 3.05) is 46.3 Å². The molecule has 0 radical (unpaired) electrons. The minimum absolute atomic E-state index is 0.0680. The number of nitrogens with zero attached hydrogens (tertiary/aromatic N) is 3. The normalized spacial score (nSPS) is 23.0. The molecule has 29 heavy (non-hydrogen) atoms. The van der Waals surface area contributed by atoms with Crippen LogP contribution in [0.25, 0.3) is 0 Å². The van der Waals surface area contributed by atoms with E-state index in [9.17, 15) is 4.79 Å².